The summed E-state index contributed by atoms with van der Waals surface area (Å²) in [5.41, 5.74) is 2.84. The van der Waals surface area contributed by atoms with Crippen LogP contribution in [0.25, 0.3) is 11.0 Å². The van der Waals surface area contributed by atoms with Crippen molar-refractivity contribution in [3.8, 4) is 0 Å². The Labute approximate surface area is 136 Å². The molecule has 1 aromatic heterocycles. The zero-order valence-electron chi connectivity index (χ0n) is 13.7. The van der Waals surface area contributed by atoms with Crippen molar-refractivity contribution in [2.45, 2.75) is 39.0 Å². The zero-order valence-corrected chi connectivity index (χ0v) is 13.7. The van der Waals surface area contributed by atoms with Crippen molar-refractivity contribution in [2.75, 3.05) is 0 Å². The standard InChI is InChI=1S/C21H22O2/c1-3-10-18-20(22)17-13-8-9-14-19(17)23-21(18)16(4-2)15-11-6-5-7-12-15/h5-9,11-14,16H,3-4,10H2,1-2H3. The molecule has 0 fully saturated rings. The summed E-state index contributed by atoms with van der Waals surface area (Å²) in [5, 5.41) is 0.683. The van der Waals surface area contributed by atoms with Gasteiger partial charge in [-0.2, -0.15) is 0 Å². The third-order valence-electron chi connectivity index (χ3n) is 4.35. The van der Waals surface area contributed by atoms with Gasteiger partial charge in [0, 0.05) is 11.5 Å². The monoisotopic (exact) mass is 306 g/mol. The van der Waals surface area contributed by atoms with E-state index in [1.165, 1.54) is 5.56 Å². The minimum Gasteiger partial charge on any atom is -0.460 e. The predicted octanol–water partition coefficient (Wildman–Crippen LogP) is 5.29. The molecular formula is C21H22O2. The largest absolute Gasteiger partial charge is 0.460 e. The number of rotatable bonds is 5. The lowest BCUT2D eigenvalue weighted by molar-refractivity contribution is 0.490. The number of hydrogen-bond donors (Lipinski definition) is 0. The lowest BCUT2D eigenvalue weighted by atomic mass is 9.89. The first kappa shape index (κ1) is 15.5. The highest BCUT2D eigenvalue weighted by molar-refractivity contribution is 5.77. The van der Waals surface area contributed by atoms with Crippen LogP contribution in [0.4, 0.5) is 0 Å². The van der Waals surface area contributed by atoms with E-state index in [1.54, 1.807) is 0 Å². The summed E-state index contributed by atoms with van der Waals surface area (Å²) in [6.07, 6.45) is 2.59. The van der Waals surface area contributed by atoms with Gasteiger partial charge in [-0.05, 0) is 30.5 Å². The molecule has 0 aliphatic rings. The average Bonchev–Trinajstić information content (AvgIpc) is 2.60. The van der Waals surface area contributed by atoms with E-state index in [9.17, 15) is 4.79 Å². The molecule has 0 saturated heterocycles. The van der Waals surface area contributed by atoms with Crippen molar-refractivity contribution in [1.29, 1.82) is 0 Å². The van der Waals surface area contributed by atoms with Crippen LogP contribution >= 0.6 is 0 Å². The fourth-order valence-corrected chi connectivity index (χ4v) is 3.22. The molecule has 2 nitrogen and oxygen atoms in total. The van der Waals surface area contributed by atoms with Crippen molar-refractivity contribution in [2.24, 2.45) is 0 Å². The second-order valence-corrected chi connectivity index (χ2v) is 5.89. The van der Waals surface area contributed by atoms with Crippen LogP contribution in [0.3, 0.4) is 0 Å². The van der Waals surface area contributed by atoms with Crippen LogP contribution < -0.4 is 5.43 Å². The van der Waals surface area contributed by atoms with Crippen molar-refractivity contribution < 1.29 is 4.42 Å². The van der Waals surface area contributed by atoms with Crippen molar-refractivity contribution in [3.05, 3.63) is 81.7 Å². The van der Waals surface area contributed by atoms with Crippen LogP contribution in [-0.4, -0.2) is 0 Å². The molecular weight excluding hydrogens is 284 g/mol. The second-order valence-electron chi connectivity index (χ2n) is 5.89. The Balaban J connectivity index is 2.26. The second kappa shape index (κ2) is 6.82. The molecule has 0 amide bonds. The van der Waals surface area contributed by atoms with Crippen LogP contribution in [0, 0.1) is 0 Å². The van der Waals surface area contributed by atoms with Gasteiger partial charge in [0.1, 0.15) is 11.3 Å². The predicted molar refractivity (Wildman–Crippen MR) is 95.1 cm³/mol. The summed E-state index contributed by atoms with van der Waals surface area (Å²) in [6.45, 7) is 4.24. The van der Waals surface area contributed by atoms with Gasteiger partial charge in [-0.3, -0.25) is 4.79 Å². The van der Waals surface area contributed by atoms with E-state index in [0.717, 1.165) is 30.6 Å². The third-order valence-corrected chi connectivity index (χ3v) is 4.35. The first-order chi connectivity index (χ1) is 11.3. The summed E-state index contributed by atoms with van der Waals surface area (Å²) in [7, 11) is 0. The van der Waals surface area contributed by atoms with Gasteiger partial charge in [0.25, 0.3) is 0 Å². The minimum atomic E-state index is 0.120. The molecule has 0 aliphatic heterocycles. The minimum absolute atomic E-state index is 0.120. The van der Waals surface area contributed by atoms with Gasteiger partial charge >= 0.3 is 0 Å². The summed E-state index contributed by atoms with van der Waals surface area (Å²) in [4.78, 5) is 12.9. The SMILES string of the molecule is CCCc1c(C(CC)c2ccccc2)oc2ccccc2c1=O. The van der Waals surface area contributed by atoms with Gasteiger partial charge in [-0.1, -0.05) is 62.7 Å². The highest BCUT2D eigenvalue weighted by Gasteiger charge is 2.22. The number of para-hydroxylation sites is 1. The Morgan fingerprint density at radius 1 is 0.957 bits per heavy atom. The summed E-state index contributed by atoms with van der Waals surface area (Å²) in [6, 6.07) is 17.9. The van der Waals surface area contributed by atoms with Crippen LogP contribution in [0.5, 0.6) is 0 Å². The van der Waals surface area contributed by atoms with Gasteiger partial charge < -0.3 is 4.42 Å². The molecule has 2 heteroatoms. The molecule has 3 aromatic rings. The van der Waals surface area contributed by atoms with Gasteiger partial charge in [0.15, 0.2) is 5.43 Å². The fraction of sp³-hybridized carbons (Fsp3) is 0.286. The molecule has 0 saturated carbocycles. The van der Waals surface area contributed by atoms with Crippen LogP contribution in [0.2, 0.25) is 0 Å². The maximum Gasteiger partial charge on any atom is 0.196 e. The van der Waals surface area contributed by atoms with Gasteiger partial charge in [-0.25, -0.2) is 0 Å². The number of benzene rings is 2. The van der Waals surface area contributed by atoms with Gasteiger partial charge in [0.2, 0.25) is 0 Å². The maximum absolute atomic E-state index is 12.9. The first-order valence-electron chi connectivity index (χ1n) is 8.35. The van der Waals surface area contributed by atoms with Gasteiger partial charge in [-0.15, -0.1) is 0 Å². The summed E-state index contributed by atoms with van der Waals surface area (Å²) < 4.78 is 6.23. The molecule has 1 unspecified atom stereocenters. The molecule has 3 rings (SSSR count). The molecule has 23 heavy (non-hydrogen) atoms. The Morgan fingerprint density at radius 3 is 2.35 bits per heavy atom. The molecule has 1 atom stereocenters. The van der Waals surface area contributed by atoms with E-state index >= 15 is 0 Å². The quantitative estimate of drug-likeness (QED) is 0.641. The average molecular weight is 306 g/mol. The molecule has 0 aliphatic carbocycles. The molecule has 1 heterocycles. The topological polar surface area (TPSA) is 30.2 Å². The number of fused-ring (bicyclic) bond motifs is 1. The van der Waals surface area contributed by atoms with E-state index < -0.39 is 0 Å². The van der Waals surface area contributed by atoms with E-state index in [4.69, 9.17) is 4.42 Å². The first-order valence-corrected chi connectivity index (χ1v) is 8.35. The smallest absolute Gasteiger partial charge is 0.196 e. The Kier molecular flexibility index (Phi) is 4.61. The summed E-state index contributed by atoms with van der Waals surface area (Å²) in [5.74, 6) is 0.958. The zero-order chi connectivity index (χ0) is 16.2. The molecule has 0 radical (unpaired) electrons. The molecule has 0 N–H and O–H groups in total. The molecule has 2 aromatic carbocycles. The lowest BCUT2D eigenvalue weighted by Gasteiger charge is -2.18. The van der Waals surface area contributed by atoms with Crippen molar-refractivity contribution in [1.82, 2.24) is 0 Å². The highest BCUT2D eigenvalue weighted by atomic mass is 16.3. The normalized spacial score (nSPS) is 12.4. The molecule has 0 spiro atoms. The highest BCUT2D eigenvalue weighted by Crippen LogP contribution is 2.31. The van der Waals surface area contributed by atoms with E-state index in [0.29, 0.717) is 11.0 Å². The van der Waals surface area contributed by atoms with E-state index in [2.05, 4.69) is 26.0 Å². The Bertz CT molecular complexity index is 847. The van der Waals surface area contributed by atoms with Gasteiger partial charge in [0.05, 0.1) is 5.39 Å². The van der Waals surface area contributed by atoms with Crippen LogP contribution in [-0.2, 0) is 6.42 Å². The van der Waals surface area contributed by atoms with Crippen molar-refractivity contribution in [3.63, 3.8) is 0 Å². The van der Waals surface area contributed by atoms with Crippen molar-refractivity contribution >= 4 is 11.0 Å². The Hall–Kier alpha value is -2.35. The molecule has 0 bridgehead atoms. The molecule has 118 valence electrons. The fourth-order valence-electron chi connectivity index (χ4n) is 3.22. The maximum atomic E-state index is 12.9. The Morgan fingerprint density at radius 2 is 1.65 bits per heavy atom. The third kappa shape index (κ3) is 2.94. The van der Waals surface area contributed by atoms with E-state index in [-0.39, 0.29) is 11.3 Å². The van der Waals surface area contributed by atoms with Crippen LogP contribution in [0.15, 0.2) is 63.8 Å². The number of hydrogen-bond acceptors (Lipinski definition) is 2. The lowest BCUT2D eigenvalue weighted by Crippen LogP contribution is -2.15. The van der Waals surface area contributed by atoms with E-state index in [1.807, 2.05) is 42.5 Å². The van der Waals surface area contributed by atoms with Crippen LogP contribution in [0.1, 0.15) is 49.5 Å². The summed E-state index contributed by atoms with van der Waals surface area (Å²) >= 11 is 0.